The summed E-state index contributed by atoms with van der Waals surface area (Å²) in [7, 11) is 2.13. The maximum absolute atomic E-state index is 5.96. The van der Waals surface area contributed by atoms with Crippen molar-refractivity contribution in [2.75, 3.05) is 39.8 Å². The molecule has 0 aromatic heterocycles. The smallest absolute Gasteiger partial charge is 0.161 e. The second-order valence-corrected chi connectivity index (χ2v) is 5.86. The molecule has 0 bridgehead atoms. The van der Waals surface area contributed by atoms with E-state index >= 15 is 0 Å². The SMILES string of the molecule is CC(C)CNCCN(C)CC1COc2ccccc2O1. The third-order valence-electron chi connectivity index (χ3n) is 3.31. The van der Waals surface area contributed by atoms with Crippen LogP contribution >= 0.6 is 0 Å². The van der Waals surface area contributed by atoms with Crippen LogP contribution < -0.4 is 14.8 Å². The van der Waals surface area contributed by atoms with Crippen molar-refractivity contribution in [3.63, 3.8) is 0 Å². The number of hydrogen-bond acceptors (Lipinski definition) is 4. The van der Waals surface area contributed by atoms with Crippen LogP contribution in [0, 0.1) is 5.92 Å². The molecule has 1 aromatic rings. The summed E-state index contributed by atoms with van der Waals surface area (Å²) < 4.78 is 11.7. The van der Waals surface area contributed by atoms with Crippen LogP contribution in [0.1, 0.15) is 13.8 Å². The molecule has 1 heterocycles. The van der Waals surface area contributed by atoms with E-state index in [9.17, 15) is 0 Å². The molecule has 0 amide bonds. The normalized spacial score (nSPS) is 17.8. The van der Waals surface area contributed by atoms with E-state index in [-0.39, 0.29) is 6.10 Å². The van der Waals surface area contributed by atoms with E-state index in [1.165, 1.54) is 0 Å². The Balaban J connectivity index is 1.69. The van der Waals surface area contributed by atoms with E-state index in [1.54, 1.807) is 0 Å². The summed E-state index contributed by atoms with van der Waals surface area (Å²) in [6, 6.07) is 7.86. The van der Waals surface area contributed by atoms with Crippen LogP contribution in [0.4, 0.5) is 0 Å². The van der Waals surface area contributed by atoms with Crippen LogP contribution in [-0.4, -0.2) is 50.8 Å². The van der Waals surface area contributed by atoms with Gasteiger partial charge in [0.25, 0.3) is 0 Å². The largest absolute Gasteiger partial charge is 0.486 e. The molecule has 2 rings (SSSR count). The molecule has 20 heavy (non-hydrogen) atoms. The van der Waals surface area contributed by atoms with Crippen molar-refractivity contribution in [2.24, 2.45) is 5.92 Å². The van der Waals surface area contributed by atoms with Crippen molar-refractivity contribution in [3.8, 4) is 11.5 Å². The van der Waals surface area contributed by atoms with Gasteiger partial charge in [-0.25, -0.2) is 0 Å². The van der Waals surface area contributed by atoms with Gasteiger partial charge in [-0.15, -0.1) is 0 Å². The predicted octanol–water partition coefficient (Wildman–Crippen LogP) is 2.00. The summed E-state index contributed by atoms with van der Waals surface area (Å²) in [6.45, 7) is 9.07. The molecule has 1 unspecified atom stereocenters. The summed E-state index contributed by atoms with van der Waals surface area (Å²) >= 11 is 0. The molecule has 4 heteroatoms. The molecule has 112 valence electrons. The van der Waals surface area contributed by atoms with Gasteiger partial charge in [-0.1, -0.05) is 26.0 Å². The van der Waals surface area contributed by atoms with Crippen LogP contribution in [0.5, 0.6) is 11.5 Å². The van der Waals surface area contributed by atoms with Crippen molar-refractivity contribution in [3.05, 3.63) is 24.3 Å². The number of hydrogen-bond donors (Lipinski definition) is 1. The topological polar surface area (TPSA) is 33.7 Å². The number of para-hydroxylation sites is 2. The molecule has 0 aliphatic carbocycles. The molecule has 0 saturated heterocycles. The molecule has 1 aliphatic heterocycles. The summed E-state index contributed by atoms with van der Waals surface area (Å²) in [4.78, 5) is 2.29. The van der Waals surface area contributed by atoms with Crippen molar-refractivity contribution >= 4 is 0 Å². The van der Waals surface area contributed by atoms with Crippen LogP contribution in [0.15, 0.2) is 24.3 Å². The van der Waals surface area contributed by atoms with E-state index in [1.807, 2.05) is 24.3 Å². The minimum atomic E-state index is 0.111. The monoisotopic (exact) mass is 278 g/mol. The number of nitrogens with zero attached hydrogens (tertiary/aromatic N) is 1. The highest BCUT2D eigenvalue weighted by molar-refractivity contribution is 5.40. The quantitative estimate of drug-likeness (QED) is 0.774. The Bertz CT molecular complexity index is 409. The lowest BCUT2D eigenvalue weighted by atomic mass is 10.2. The number of fused-ring (bicyclic) bond motifs is 1. The van der Waals surface area contributed by atoms with Gasteiger partial charge in [0.15, 0.2) is 11.5 Å². The van der Waals surface area contributed by atoms with Gasteiger partial charge in [0, 0.05) is 19.6 Å². The number of nitrogens with one attached hydrogen (secondary N) is 1. The van der Waals surface area contributed by atoms with Gasteiger partial charge >= 0.3 is 0 Å². The fraction of sp³-hybridized carbons (Fsp3) is 0.625. The summed E-state index contributed by atoms with van der Waals surface area (Å²) in [5, 5.41) is 3.45. The van der Waals surface area contributed by atoms with Crippen molar-refractivity contribution in [2.45, 2.75) is 20.0 Å². The fourth-order valence-corrected chi connectivity index (χ4v) is 2.25. The zero-order valence-electron chi connectivity index (χ0n) is 12.8. The van der Waals surface area contributed by atoms with Crippen LogP contribution in [0.25, 0.3) is 0 Å². The van der Waals surface area contributed by atoms with E-state index < -0.39 is 0 Å². The average Bonchev–Trinajstić information content (AvgIpc) is 2.43. The lowest BCUT2D eigenvalue weighted by Gasteiger charge is -2.29. The number of likely N-dealkylation sites (N-methyl/N-ethyl adjacent to an activating group) is 1. The van der Waals surface area contributed by atoms with Gasteiger partial charge in [0.2, 0.25) is 0 Å². The maximum Gasteiger partial charge on any atom is 0.161 e. The van der Waals surface area contributed by atoms with Crippen LogP contribution in [-0.2, 0) is 0 Å². The highest BCUT2D eigenvalue weighted by Crippen LogP contribution is 2.30. The van der Waals surface area contributed by atoms with Crippen molar-refractivity contribution < 1.29 is 9.47 Å². The Morgan fingerprint density at radius 3 is 2.80 bits per heavy atom. The highest BCUT2D eigenvalue weighted by Gasteiger charge is 2.21. The lowest BCUT2D eigenvalue weighted by molar-refractivity contribution is 0.0657. The van der Waals surface area contributed by atoms with Gasteiger partial charge in [-0.05, 0) is 31.6 Å². The molecule has 1 aliphatic rings. The second kappa shape index (κ2) is 7.50. The zero-order valence-corrected chi connectivity index (χ0v) is 12.8. The molecule has 0 radical (unpaired) electrons. The molecule has 1 N–H and O–H groups in total. The van der Waals surface area contributed by atoms with Crippen molar-refractivity contribution in [1.82, 2.24) is 10.2 Å². The molecular weight excluding hydrogens is 252 g/mol. The summed E-state index contributed by atoms with van der Waals surface area (Å²) in [5.74, 6) is 2.41. The van der Waals surface area contributed by atoms with Crippen LogP contribution in [0.3, 0.4) is 0 Å². The summed E-state index contributed by atoms with van der Waals surface area (Å²) in [6.07, 6.45) is 0.111. The van der Waals surface area contributed by atoms with Gasteiger partial charge in [0.05, 0.1) is 0 Å². The predicted molar refractivity (Wildman–Crippen MR) is 81.6 cm³/mol. The minimum Gasteiger partial charge on any atom is -0.486 e. The van der Waals surface area contributed by atoms with E-state index in [4.69, 9.17) is 9.47 Å². The second-order valence-electron chi connectivity index (χ2n) is 5.86. The third kappa shape index (κ3) is 4.69. The molecule has 1 atom stereocenters. The Morgan fingerprint density at radius 1 is 1.30 bits per heavy atom. The van der Waals surface area contributed by atoms with Crippen molar-refractivity contribution in [1.29, 1.82) is 0 Å². The molecular formula is C16H26N2O2. The summed E-state index contributed by atoms with van der Waals surface area (Å²) in [5.41, 5.74) is 0. The Hall–Kier alpha value is -1.26. The van der Waals surface area contributed by atoms with E-state index in [0.717, 1.165) is 37.7 Å². The lowest BCUT2D eigenvalue weighted by Crippen LogP contribution is -2.41. The average molecular weight is 278 g/mol. The maximum atomic E-state index is 5.96. The first kappa shape index (κ1) is 15.1. The van der Waals surface area contributed by atoms with E-state index in [2.05, 4.69) is 31.1 Å². The standard InChI is InChI=1S/C16H26N2O2/c1-13(2)10-17-8-9-18(3)11-14-12-19-15-6-4-5-7-16(15)20-14/h4-7,13-14,17H,8-12H2,1-3H3. The number of rotatable bonds is 7. The molecule has 1 aromatic carbocycles. The highest BCUT2D eigenvalue weighted by atomic mass is 16.6. The molecule has 4 nitrogen and oxygen atoms in total. The molecule has 0 saturated carbocycles. The first-order chi connectivity index (χ1) is 9.65. The molecule has 0 fully saturated rings. The van der Waals surface area contributed by atoms with Gasteiger partial charge < -0.3 is 19.7 Å². The van der Waals surface area contributed by atoms with Gasteiger partial charge in [0.1, 0.15) is 12.7 Å². The Kier molecular flexibility index (Phi) is 5.68. The van der Waals surface area contributed by atoms with Gasteiger partial charge in [-0.2, -0.15) is 0 Å². The Morgan fingerprint density at radius 2 is 2.05 bits per heavy atom. The number of ether oxygens (including phenoxy) is 2. The Labute approximate surface area is 122 Å². The number of benzene rings is 1. The fourth-order valence-electron chi connectivity index (χ4n) is 2.25. The van der Waals surface area contributed by atoms with E-state index in [0.29, 0.717) is 12.5 Å². The van der Waals surface area contributed by atoms with Gasteiger partial charge in [-0.3, -0.25) is 0 Å². The first-order valence-corrected chi connectivity index (χ1v) is 7.43. The third-order valence-corrected chi connectivity index (χ3v) is 3.31. The van der Waals surface area contributed by atoms with Crippen LogP contribution in [0.2, 0.25) is 0 Å². The first-order valence-electron chi connectivity index (χ1n) is 7.43. The zero-order chi connectivity index (χ0) is 14.4. The minimum absolute atomic E-state index is 0.111. The molecule has 0 spiro atoms.